The Morgan fingerprint density at radius 2 is 1.89 bits per heavy atom. The van der Waals surface area contributed by atoms with Crippen LogP contribution in [0.1, 0.15) is 49.8 Å². The van der Waals surface area contributed by atoms with Crippen LogP contribution in [0.5, 0.6) is 11.5 Å². The lowest BCUT2D eigenvalue weighted by atomic mass is 10.0. The van der Waals surface area contributed by atoms with E-state index in [9.17, 15) is 4.79 Å². The lowest BCUT2D eigenvalue weighted by molar-refractivity contribution is -0.123. The summed E-state index contributed by atoms with van der Waals surface area (Å²) in [7, 11) is 0. The summed E-state index contributed by atoms with van der Waals surface area (Å²) in [6.45, 7) is 8.88. The summed E-state index contributed by atoms with van der Waals surface area (Å²) in [6, 6.07) is 13.6. The van der Waals surface area contributed by atoms with Gasteiger partial charge in [0.25, 0.3) is 5.91 Å². The molecule has 0 aliphatic carbocycles. The Balaban J connectivity index is 1.84. The van der Waals surface area contributed by atoms with Crippen molar-refractivity contribution < 1.29 is 14.3 Å². The molecule has 0 aromatic heterocycles. The fourth-order valence-electron chi connectivity index (χ4n) is 2.47. The quantitative estimate of drug-likeness (QED) is 0.526. The van der Waals surface area contributed by atoms with E-state index >= 15 is 0 Å². The molecule has 2 aromatic rings. The molecule has 0 aliphatic heterocycles. The van der Waals surface area contributed by atoms with E-state index in [2.05, 4.69) is 31.3 Å². The predicted octanol–water partition coefficient (Wildman–Crippen LogP) is 4.44. The summed E-state index contributed by atoms with van der Waals surface area (Å²) in [4.78, 5) is 12.0. The maximum atomic E-state index is 12.0. The molecule has 5 nitrogen and oxygen atoms in total. The number of nitrogens with zero attached hydrogens (tertiary/aromatic N) is 1. The van der Waals surface area contributed by atoms with Crippen molar-refractivity contribution in [2.75, 3.05) is 13.2 Å². The highest BCUT2D eigenvalue weighted by Crippen LogP contribution is 2.27. The van der Waals surface area contributed by atoms with Gasteiger partial charge in [0.1, 0.15) is 11.5 Å². The van der Waals surface area contributed by atoms with E-state index in [4.69, 9.17) is 9.47 Å². The van der Waals surface area contributed by atoms with E-state index in [0.29, 0.717) is 12.5 Å². The van der Waals surface area contributed by atoms with Crippen LogP contribution in [0.4, 0.5) is 0 Å². The molecule has 0 fully saturated rings. The third-order valence-corrected chi connectivity index (χ3v) is 3.91. The second-order valence-electron chi connectivity index (χ2n) is 6.70. The summed E-state index contributed by atoms with van der Waals surface area (Å²) >= 11 is 0. The molecule has 1 N–H and O–H groups in total. The van der Waals surface area contributed by atoms with Gasteiger partial charge in [-0.2, -0.15) is 5.10 Å². The highest BCUT2D eigenvalue weighted by atomic mass is 16.5. The van der Waals surface area contributed by atoms with Crippen LogP contribution in [0.3, 0.4) is 0 Å². The van der Waals surface area contributed by atoms with Crippen molar-refractivity contribution in [1.82, 2.24) is 5.43 Å². The lowest BCUT2D eigenvalue weighted by Crippen LogP contribution is -2.25. The maximum Gasteiger partial charge on any atom is 0.277 e. The number of hydrogen-bond acceptors (Lipinski definition) is 4. The Kier molecular flexibility index (Phi) is 7.86. The Labute approximate surface area is 161 Å². The van der Waals surface area contributed by atoms with Crippen LogP contribution >= 0.6 is 0 Å². The number of carbonyl (C=O) groups excluding carboxylic acids is 1. The second kappa shape index (κ2) is 10.4. The number of aryl methyl sites for hydroxylation is 1. The molecule has 0 aliphatic rings. The Morgan fingerprint density at radius 1 is 1.15 bits per heavy atom. The molecular weight excluding hydrogens is 340 g/mol. The number of hydrogen-bond donors (Lipinski definition) is 1. The van der Waals surface area contributed by atoms with E-state index in [1.165, 1.54) is 0 Å². The smallest absolute Gasteiger partial charge is 0.277 e. The molecule has 27 heavy (non-hydrogen) atoms. The first-order valence-electron chi connectivity index (χ1n) is 9.27. The van der Waals surface area contributed by atoms with Crippen molar-refractivity contribution in [3.63, 3.8) is 0 Å². The van der Waals surface area contributed by atoms with Crippen LogP contribution in [0.2, 0.25) is 0 Å². The number of hydrazone groups is 1. The zero-order chi connectivity index (χ0) is 19.6. The van der Waals surface area contributed by atoms with Crippen LogP contribution < -0.4 is 14.9 Å². The summed E-state index contributed by atoms with van der Waals surface area (Å²) in [5.74, 6) is 1.59. The fraction of sp³-hybridized carbons (Fsp3) is 0.364. The van der Waals surface area contributed by atoms with Gasteiger partial charge >= 0.3 is 0 Å². The molecule has 2 rings (SSSR count). The molecule has 0 heterocycles. The largest absolute Gasteiger partial charge is 0.494 e. The zero-order valence-electron chi connectivity index (χ0n) is 16.5. The lowest BCUT2D eigenvalue weighted by Gasteiger charge is -2.14. The summed E-state index contributed by atoms with van der Waals surface area (Å²) in [6.07, 6.45) is 2.56. The predicted molar refractivity (Wildman–Crippen MR) is 109 cm³/mol. The van der Waals surface area contributed by atoms with Crippen molar-refractivity contribution in [1.29, 1.82) is 0 Å². The van der Waals surface area contributed by atoms with E-state index in [1.54, 1.807) is 6.21 Å². The average Bonchev–Trinajstić information content (AvgIpc) is 2.65. The number of amides is 1. The van der Waals surface area contributed by atoms with Gasteiger partial charge in [-0.15, -0.1) is 0 Å². The van der Waals surface area contributed by atoms with Crippen molar-refractivity contribution in [2.24, 2.45) is 5.10 Å². The van der Waals surface area contributed by atoms with Gasteiger partial charge in [-0.3, -0.25) is 4.79 Å². The molecule has 0 atom stereocenters. The van der Waals surface area contributed by atoms with Crippen molar-refractivity contribution in [3.05, 3.63) is 59.2 Å². The summed E-state index contributed by atoms with van der Waals surface area (Å²) in [5.41, 5.74) is 5.55. The fourth-order valence-corrected chi connectivity index (χ4v) is 2.47. The molecule has 2 aromatic carbocycles. The zero-order valence-corrected chi connectivity index (χ0v) is 16.5. The van der Waals surface area contributed by atoms with Crippen LogP contribution in [0.25, 0.3) is 0 Å². The van der Waals surface area contributed by atoms with Crippen molar-refractivity contribution in [3.8, 4) is 11.5 Å². The Hall–Kier alpha value is -2.82. The monoisotopic (exact) mass is 368 g/mol. The standard InChI is InChI=1S/C22H28N2O3/c1-5-12-26-19-9-7-18(8-10-19)14-23-24-22(25)15-27-21-13-17(4)6-11-20(21)16(2)3/h6-11,13-14,16H,5,12,15H2,1-4H3,(H,24,25)/b23-14-. The number of benzene rings is 2. The number of ether oxygens (including phenoxy) is 2. The SMILES string of the molecule is CCCOc1ccc(/C=N\NC(=O)COc2cc(C)ccc2C(C)C)cc1. The highest BCUT2D eigenvalue weighted by molar-refractivity contribution is 5.83. The molecule has 0 radical (unpaired) electrons. The minimum absolute atomic E-state index is 0.0791. The first-order valence-corrected chi connectivity index (χ1v) is 9.27. The Morgan fingerprint density at radius 3 is 2.56 bits per heavy atom. The van der Waals surface area contributed by atoms with Crippen LogP contribution in [0, 0.1) is 6.92 Å². The van der Waals surface area contributed by atoms with E-state index in [0.717, 1.165) is 34.6 Å². The van der Waals surface area contributed by atoms with Gasteiger partial charge < -0.3 is 9.47 Å². The maximum absolute atomic E-state index is 12.0. The summed E-state index contributed by atoms with van der Waals surface area (Å²) in [5, 5.41) is 3.98. The molecule has 0 saturated carbocycles. The van der Waals surface area contributed by atoms with Crippen molar-refractivity contribution in [2.45, 2.75) is 40.0 Å². The molecule has 144 valence electrons. The van der Waals surface area contributed by atoms with Gasteiger partial charge in [-0.1, -0.05) is 32.9 Å². The molecule has 1 amide bonds. The summed E-state index contributed by atoms with van der Waals surface area (Å²) < 4.78 is 11.2. The van der Waals surface area contributed by atoms with Crippen LogP contribution in [-0.4, -0.2) is 25.3 Å². The van der Waals surface area contributed by atoms with Gasteiger partial charge in [-0.05, 0) is 66.3 Å². The molecular formula is C22H28N2O3. The third-order valence-electron chi connectivity index (χ3n) is 3.91. The van der Waals surface area contributed by atoms with Gasteiger partial charge in [0.05, 0.1) is 12.8 Å². The average molecular weight is 368 g/mol. The van der Waals surface area contributed by atoms with Gasteiger partial charge in [-0.25, -0.2) is 5.43 Å². The molecule has 5 heteroatoms. The van der Waals surface area contributed by atoms with Gasteiger partial charge in [0.15, 0.2) is 6.61 Å². The molecule has 0 unspecified atom stereocenters. The van der Waals surface area contributed by atoms with E-state index in [-0.39, 0.29) is 12.5 Å². The van der Waals surface area contributed by atoms with E-state index in [1.807, 2.05) is 49.4 Å². The highest BCUT2D eigenvalue weighted by Gasteiger charge is 2.10. The first-order chi connectivity index (χ1) is 13.0. The van der Waals surface area contributed by atoms with Gasteiger partial charge in [0.2, 0.25) is 0 Å². The minimum atomic E-state index is -0.301. The van der Waals surface area contributed by atoms with Crippen LogP contribution in [-0.2, 0) is 4.79 Å². The topological polar surface area (TPSA) is 59.9 Å². The normalized spacial score (nSPS) is 11.0. The number of nitrogens with one attached hydrogen (secondary N) is 1. The van der Waals surface area contributed by atoms with E-state index < -0.39 is 0 Å². The minimum Gasteiger partial charge on any atom is -0.494 e. The second-order valence-corrected chi connectivity index (χ2v) is 6.70. The molecule has 0 bridgehead atoms. The van der Waals surface area contributed by atoms with Crippen molar-refractivity contribution >= 4 is 12.1 Å². The first kappa shape index (κ1) is 20.5. The number of rotatable bonds is 9. The van der Waals surface area contributed by atoms with Crippen LogP contribution in [0.15, 0.2) is 47.6 Å². The third kappa shape index (κ3) is 6.77. The Bertz CT molecular complexity index is 768. The number of carbonyl (C=O) groups is 1. The molecule has 0 spiro atoms. The molecule has 0 saturated heterocycles. The van der Waals surface area contributed by atoms with Gasteiger partial charge in [0, 0.05) is 0 Å².